The van der Waals surface area contributed by atoms with Crippen LogP contribution in [0.25, 0.3) is 11.0 Å². The molecule has 3 aromatic carbocycles. The average Bonchev–Trinajstić information content (AvgIpc) is 3.15. The van der Waals surface area contributed by atoms with Gasteiger partial charge in [-0.3, -0.25) is 4.79 Å². The maximum Gasteiger partial charge on any atom is 0.238 e. The zero-order valence-electron chi connectivity index (χ0n) is 14.9. The molecule has 4 rings (SSSR count). The van der Waals surface area contributed by atoms with Gasteiger partial charge in [0.05, 0.1) is 11.0 Å². The van der Waals surface area contributed by atoms with E-state index in [0.717, 1.165) is 22.2 Å². The van der Waals surface area contributed by atoms with Crippen LogP contribution in [0, 0.1) is 5.82 Å². The lowest BCUT2D eigenvalue weighted by molar-refractivity contribution is -0.120. The first kappa shape index (κ1) is 18.3. The number of para-hydroxylation sites is 2. The van der Waals surface area contributed by atoms with Crippen LogP contribution in [0.2, 0.25) is 0 Å². The van der Waals surface area contributed by atoms with Crippen molar-refractivity contribution in [1.82, 2.24) is 15.3 Å². The van der Waals surface area contributed by atoms with E-state index in [9.17, 15) is 9.18 Å². The third-order valence-corrected chi connectivity index (χ3v) is 5.46. The lowest BCUT2D eigenvalue weighted by Crippen LogP contribution is -2.27. The largest absolute Gasteiger partial charge is 0.351 e. The SMILES string of the molecule is O=C(NCc1ccc(F)cc1)[C@@H](Sc1nc2ccccc2[nH]1)c1ccccc1. The van der Waals surface area contributed by atoms with Gasteiger partial charge in [0.1, 0.15) is 11.1 Å². The number of benzene rings is 3. The Morgan fingerprint density at radius 2 is 1.71 bits per heavy atom. The maximum atomic E-state index is 13.1. The summed E-state index contributed by atoms with van der Waals surface area (Å²) >= 11 is 1.37. The standard InChI is InChI=1S/C22H18FN3OS/c23-17-12-10-15(11-13-17)14-24-21(27)20(16-6-2-1-3-7-16)28-22-25-18-8-4-5-9-19(18)26-22/h1-13,20H,14H2,(H,24,27)(H,25,26)/t20-/m0/s1. The third kappa shape index (κ3) is 4.23. The minimum atomic E-state index is -0.456. The van der Waals surface area contributed by atoms with Crippen LogP contribution in [0.5, 0.6) is 0 Å². The summed E-state index contributed by atoms with van der Waals surface area (Å²) < 4.78 is 13.1. The first-order chi connectivity index (χ1) is 13.7. The molecule has 4 nitrogen and oxygen atoms in total. The number of imidazole rings is 1. The highest BCUT2D eigenvalue weighted by atomic mass is 32.2. The molecule has 1 aromatic heterocycles. The molecule has 0 aliphatic carbocycles. The first-order valence-corrected chi connectivity index (χ1v) is 9.75. The zero-order chi connectivity index (χ0) is 19.3. The van der Waals surface area contributed by atoms with Gasteiger partial charge in [0.2, 0.25) is 5.91 Å². The van der Waals surface area contributed by atoms with Crippen molar-refractivity contribution in [3.63, 3.8) is 0 Å². The van der Waals surface area contributed by atoms with Crippen molar-refractivity contribution < 1.29 is 9.18 Å². The average molecular weight is 391 g/mol. The van der Waals surface area contributed by atoms with Gasteiger partial charge < -0.3 is 10.3 Å². The van der Waals surface area contributed by atoms with Gasteiger partial charge in [-0.2, -0.15) is 0 Å². The Morgan fingerprint density at radius 3 is 2.46 bits per heavy atom. The van der Waals surface area contributed by atoms with Crippen molar-refractivity contribution in [2.45, 2.75) is 17.0 Å². The molecule has 0 unspecified atom stereocenters. The van der Waals surface area contributed by atoms with Gasteiger partial charge in [0.15, 0.2) is 5.16 Å². The van der Waals surface area contributed by atoms with Gasteiger partial charge in [-0.15, -0.1) is 0 Å². The minimum absolute atomic E-state index is 0.124. The summed E-state index contributed by atoms with van der Waals surface area (Å²) in [5.41, 5.74) is 3.53. The predicted molar refractivity (Wildman–Crippen MR) is 109 cm³/mol. The smallest absolute Gasteiger partial charge is 0.238 e. The number of hydrogen-bond donors (Lipinski definition) is 2. The highest BCUT2D eigenvalue weighted by Gasteiger charge is 2.23. The Bertz CT molecular complexity index is 1050. The summed E-state index contributed by atoms with van der Waals surface area (Å²) in [4.78, 5) is 20.8. The number of hydrogen-bond acceptors (Lipinski definition) is 3. The van der Waals surface area contributed by atoms with Crippen molar-refractivity contribution in [3.05, 3.63) is 95.8 Å². The minimum Gasteiger partial charge on any atom is -0.351 e. The fourth-order valence-electron chi connectivity index (χ4n) is 2.88. The van der Waals surface area contributed by atoms with E-state index in [1.54, 1.807) is 12.1 Å². The molecule has 2 N–H and O–H groups in total. The number of H-pyrrole nitrogens is 1. The molecule has 6 heteroatoms. The van der Waals surface area contributed by atoms with Gasteiger partial charge in [-0.05, 0) is 35.4 Å². The summed E-state index contributed by atoms with van der Waals surface area (Å²) in [5, 5.41) is 3.18. The molecule has 0 aliphatic rings. The van der Waals surface area contributed by atoms with Crippen LogP contribution in [0.3, 0.4) is 0 Å². The molecule has 140 valence electrons. The molecule has 0 aliphatic heterocycles. The number of halogens is 1. The van der Waals surface area contributed by atoms with Crippen LogP contribution >= 0.6 is 11.8 Å². The normalized spacial score (nSPS) is 12.0. The Morgan fingerprint density at radius 1 is 1.00 bits per heavy atom. The van der Waals surface area contributed by atoms with Crippen molar-refractivity contribution >= 4 is 28.7 Å². The van der Waals surface area contributed by atoms with Crippen LogP contribution in [-0.2, 0) is 11.3 Å². The topological polar surface area (TPSA) is 57.8 Å². The Labute approximate surface area is 166 Å². The number of aromatic nitrogens is 2. The van der Waals surface area contributed by atoms with E-state index in [0.29, 0.717) is 11.7 Å². The second kappa shape index (κ2) is 8.27. The van der Waals surface area contributed by atoms with E-state index < -0.39 is 5.25 Å². The van der Waals surface area contributed by atoms with E-state index >= 15 is 0 Å². The first-order valence-electron chi connectivity index (χ1n) is 8.87. The fraction of sp³-hybridized carbons (Fsp3) is 0.0909. The number of rotatable bonds is 6. The maximum absolute atomic E-state index is 13.1. The molecule has 0 saturated heterocycles. The number of amides is 1. The Balaban J connectivity index is 1.54. The number of carbonyl (C=O) groups is 1. The summed E-state index contributed by atoms with van der Waals surface area (Å²) in [6.45, 7) is 0.336. The van der Waals surface area contributed by atoms with E-state index in [1.807, 2.05) is 54.6 Å². The predicted octanol–water partition coefficient (Wildman–Crippen LogP) is 4.85. The summed E-state index contributed by atoms with van der Waals surface area (Å²) in [6, 6.07) is 23.5. The van der Waals surface area contributed by atoms with Crippen molar-refractivity contribution in [3.8, 4) is 0 Å². The number of aromatic amines is 1. The summed E-state index contributed by atoms with van der Waals surface area (Å²) in [7, 11) is 0. The highest BCUT2D eigenvalue weighted by Crippen LogP contribution is 2.34. The molecule has 1 amide bonds. The monoisotopic (exact) mass is 391 g/mol. The fourth-order valence-corrected chi connectivity index (χ4v) is 3.91. The zero-order valence-corrected chi connectivity index (χ0v) is 15.7. The molecule has 0 bridgehead atoms. The van der Waals surface area contributed by atoms with E-state index in [4.69, 9.17) is 0 Å². The third-order valence-electron chi connectivity index (χ3n) is 4.32. The molecule has 0 radical (unpaired) electrons. The molecule has 1 heterocycles. The van der Waals surface area contributed by atoms with Crippen LogP contribution in [0.4, 0.5) is 4.39 Å². The van der Waals surface area contributed by atoms with Gasteiger partial charge in [-0.1, -0.05) is 66.4 Å². The molecule has 1 atom stereocenters. The van der Waals surface area contributed by atoms with Gasteiger partial charge >= 0.3 is 0 Å². The van der Waals surface area contributed by atoms with Crippen LogP contribution in [-0.4, -0.2) is 15.9 Å². The molecular formula is C22H18FN3OS. The van der Waals surface area contributed by atoms with Gasteiger partial charge in [0, 0.05) is 6.54 Å². The van der Waals surface area contributed by atoms with Gasteiger partial charge in [0.25, 0.3) is 0 Å². The van der Waals surface area contributed by atoms with Gasteiger partial charge in [-0.25, -0.2) is 9.37 Å². The number of carbonyl (C=O) groups excluding carboxylic acids is 1. The molecule has 0 saturated carbocycles. The van der Waals surface area contributed by atoms with Crippen LogP contribution in [0.15, 0.2) is 84.0 Å². The van der Waals surface area contributed by atoms with Crippen molar-refractivity contribution in [1.29, 1.82) is 0 Å². The lowest BCUT2D eigenvalue weighted by Gasteiger charge is -2.16. The number of nitrogens with zero attached hydrogens (tertiary/aromatic N) is 1. The molecular weight excluding hydrogens is 373 g/mol. The highest BCUT2D eigenvalue weighted by molar-refractivity contribution is 8.00. The van der Waals surface area contributed by atoms with Crippen LogP contribution < -0.4 is 5.32 Å². The number of thioether (sulfide) groups is 1. The lowest BCUT2D eigenvalue weighted by atomic mass is 10.1. The molecule has 0 spiro atoms. The Kier molecular flexibility index (Phi) is 5.39. The Hall–Kier alpha value is -3.12. The van der Waals surface area contributed by atoms with Crippen LogP contribution in [0.1, 0.15) is 16.4 Å². The molecule has 0 fully saturated rings. The van der Waals surface area contributed by atoms with E-state index in [1.165, 1.54) is 23.9 Å². The second-order valence-electron chi connectivity index (χ2n) is 6.31. The quantitative estimate of drug-likeness (QED) is 0.462. The van der Waals surface area contributed by atoms with E-state index in [2.05, 4.69) is 15.3 Å². The van der Waals surface area contributed by atoms with E-state index in [-0.39, 0.29) is 11.7 Å². The number of fused-ring (bicyclic) bond motifs is 1. The second-order valence-corrected chi connectivity index (χ2v) is 7.41. The summed E-state index contributed by atoms with van der Waals surface area (Å²) in [6.07, 6.45) is 0. The van der Waals surface area contributed by atoms with Crippen molar-refractivity contribution in [2.75, 3.05) is 0 Å². The molecule has 4 aromatic rings. The summed E-state index contributed by atoms with van der Waals surface area (Å²) in [5.74, 6) is -0.418. The molecule has 28 heavy (non-hydrogen) atoms. The van der Waals surface area contributed by atoms with Crippen molar-refractivity contribution in [2.24, 2.45) is 0 Å². The number of nitrogens with one attached hydrogen (secondary N) is 2.